The number of hydrogen-bond donors (Lipinski definition) is 1. The highest BCUT2D eigenvalue weighted by Crippen LogP contribution is 2.30. The first-order valence-electron chi connectivity index (χ1n) is 4.88. The van der Waals surface area contributed by atoms with E-state index in [4.69, 9.17) is 28.3 Å². The van der Waals surface area contributed by atoms with Crippen molar-refractivity contribution in [2.75, 3.05) is 0 Å². The molecular weight excluding hydrogens is 293 g/mol. The number of aliphatic carboxylic acids is 1. The average molecular weight is 300 g/mol. The van der Waals surface area contributed by atoms with E-state index in [1.54, 1.807) is 17.5 Å². The number of carboxylic acids is 1. The summed E-state index contributed by atoms with van der Waals surface area (Å²) >= 11 is 13.2. The van der Waals surface area contributed by atoms with E-state index in [9.17, 15) is 4.79 Å². The summed E-state index contributed by atoms with van der Waals surface area (Å²) < 4.78 is 0. The molecule has 1 aromatic carbocycles. The third-order valence-electron chi connectivity index (χ3n) is 2.09. The molecule has 0 saturated carbocycles. The second-order valence-electron chi connectivity index (χ2n) is 3.38. The van der Waals surface area contributed by atoms with Gasteiger partial charge in [0.2, 0.25) is 0 Å². The topological polar surface area (TPSA) is 50.2 Å². The van der Waals surface area contributed by atoms with E-state index in [-0.39, 0.29) is 0 Å². The Morgan fingerprint density at radius 1 is 1.33 bits per heavy atom. The average Bonchev–Trinajstić information content (AvgIpc) is 2.79. The van der Waals surface area contributed by atoms with Gasteiger partial charge < -0.3 is 5.11 Å². The maximum absolute atomic E-state index is 10.4. The van der Waals surface area contributed by atoms with Crippen molar-refractivity contribution in [1.82, 2.24) is 4.98 Å². The molecule has 0 aliphatic heterocycles. The van der Waals surface area contributed by atoms with E-state index in [1.807, 2.05) is 6.07 Å². The number of nitrogens with zero attached hydrogens (tertiary/aromatic N) is 1. The number of halogens is 2. The monoisotopic (exact) mass is 299 g/mol. The maximum Gasteiger partial charge on any atom is 0.328 e. The van der Waals surface area contributed by atoms with Gasteiger partial charge in [0, 0.05) is 17.0 Å². The van der Waals surface area contributed by atoms with Crippen molar-refractivity contribution in [1.29, 1.82) is 0 Å². The predicted molar refractivity (Wildman–Crippen MR) is 74.2 cm³/mol. The minimum absolute atomic E-state index is 0.465. The van der Waals surface area contributed by atoms with E-state index < -0.39 is 5.97 Å². The summed E-state index contributed by atoms with van der Waals surface area (Å²) in [6, 6.07) is 5.25. The van der Waals surface area contributed by atoms with Gasteiger partial charge in [-0.05, 0) is 18.2 Å². The Kier molecular flexibility index (Phi) is 4.01. The Morgan fingerprint density at radius 3 is 2.78 bits per heavy atom. The minimum Gasteiger partial charge on any atom is -0.478 e. The van der Waals surface area contributed by atoms with Crippen LogP contribution >= 0.6 is 34.5 Å². The van der Waals surface area contributed by atoms with Crippen molar-refractivity contribution in [2.24, 2.45) is 0 Å². The molecule has 18 heavy (non-hydrogen) atoms. The first-order chi connectivity index (χ1) is 8.56. The number of carbonyl (C=O) groups is 1. The summed E-state index contributed by atoms with van der Waals surface area (Å²) in [6.07, 6.45) is 2.49. The number of hydrogen-bond acceptors (Lipinski definition) is 3. The van der Waals surface area contributed by atoms with Crippen molar-refractivity contribution >= 4 is 46.6 Å². The molecule has 0 fully saturated rings. The molecule has 0 aliphatic rings. The molecule has 0 aliphatic carbocycles. The van der Waals surface area contributed by atoms with Gasteiger partial charge in [0.1, 0.15) is 5.01 Å². The fraction of sp³-hybridized carbons (Fsp3) is 0. The van der Waals surface area contributed by atoms with Crippen LogP contribution in [0.2, 0.25) is 10.0 Å². The van der Waals surface area contributed by atoms with Crippen LogP contribution in [-0.4, -0.2) is 16.1 Å². The highest BCUT2D eigenvalue weighted by Gasteiger charge is 2.06. The molecule has 6 heteroatoms. The van der Waals surface area contributed by atoms with E-state index in [0.29, 0.717) is 15.7 Å². The Balaban J connectivity index is 2.29. The molecule has 2 aromatic rings. The normalized spacial score (nSPS) is 11.0. The summed E-state index contributed by atoms with van der Waals surface area (Å²) in [6.45, 7) is 0. The van der Waals surface area contributed by atoms with Gasteiger partial charge in [0.15, 0.2) is 0 Å². The van der Waals surface area contributed by atoms with Crippen molar-refractivity contribution in [3.8, 4) is 10.6 Å². The van der Waals surface area contributed by atoms with Crippen LogP contribution in [-0.2, 0) is 4.79 Å². The summed E-state index contributed by atoms with van der Waals surface area (Å²) in [5.74, 6) is -1.00. The van der Waals surface area contributed by atoms with Crippen molar-refractivity contribution < 1.29 is 9.90 Å². The highest BCUT2D eigenvalue weighted by molar-refractivity contribution is 7.13. The van der Waals surface area contributed by atoms with E-state index >= 15 is 0 Å². The standard InChI is InChI=1S/C12H7Cl2NO2S/c13-9-3-1-7(5-10(9)14)12-15-8(6-18-12)2-4-11(16)17/h1-6H,(H,16,17)/b4-2+. The van der Waals surface area contributed by atoms with Crippen LogP contribution in [0.1, 0.15) is 5.69 Å². The summed E-state index contributed by atoms with van der Waals surface area (Å²) in [5, 5.41) is 12.0. The lowest BCUT2D eigenvalue weighted by Gasteiger charge is -1.98. The lowest BCUT2D eigenvalue weighted by Crippen LogP contribution is -1.85. The Bertz CT molecular complexity index is 622. The van der Waals surface area contributed by atoms with Gasteiger partial charge in [0.05, 0.1) is 15.7 Å². The van der Waals surface area contributed by atoms with E-state index in [0.717, 1.165) is 16.6 Å². The van der Waals surface area contributed by atoms with Crippen molar-refractivity contribution in [3.05, 3.63) is 45.4 Å². The van der Waals surface area contributed by atoms with Gasteiger partial charge in [0.25, 0.3) is 0 Å². The highest BCUT2D eigenvalue weighted by atomic mass is 35.5. The van der Waals surface area contributed by atoms with Gasteiger partial charge in [-0.2, -0.15) is 0 Å². The molecule has 0 atom stereocenters. The number of thiazole rings is 1. The van der Waals surface area contributed by atoms with Crippen molar-refractivity contribution in [3.63, 3.8) is 0 Å². The van der Waals surface area contributed by atoms with Gasteiger partial charge in [-0.25, -0.2) is 9.78 Å². The van der Waals surface area contributed by atoms with Crippen LogP contribution in [0, 0.1) is 0 Å². The number of benzene rings is 1. The van der Waals surface area contributed by atoms with Crippen LogP contribution < -0.4 is 0 Å². The molecule has 0 radical (unpaired) electrons. The Hall–Kier alpha value is -1.36. The lowest BCUT2D eigenvalue weighted by atomic mass is 10.2. The fourth-order valence-electron chi connectivity index (χ4n) is 1.28. The Morgan fingerprint density at radius 2 is 2.11 bits per heavy atom. The molecule has 0 unspecified atom stereocenters. The van der Waals surface area contributed by atoms with Crippen LogP contribution in [0.25, 0.3) is 16.6 Å². The van der Waals surface area contributed by atoms with Crippen LogP contribution in [0.15, 0.2) is 29.7 Å². The SMILES string of the molecule is O=C(O)/C=C/c1csc(-c2ccc(Cl)c(Cl)c2)n1. The van der Waals surface area contributed by atoms with Crippen LogP contribution in [0.4, 0.5) is 0 Å². The van der Waals surface area contributed by atoms with E-state index in [2.05, 4.69) is 4.98 Å². The second-order valence-corrected chi connectivity index (χ2v) is 5.05. The molecule has 1 heterocycles. The molecule has 0 amide bonds. The van der Waals surface area contributed by atoms with Gasteiger partial charge >= 0.3 is 5.97 Å². The zero-order valence-electron chi connectivity index (χ0n) is 8.93. The van der Waals surface area contributed by atoms with Crippen molar-refractivity contribution in [2.45, 2.75) is 0 Å². The molecule has 1 aromatic heterocycles. The first kappa shape index (κ1) is 13.1. The van der Waals surface area contributed by atoms with Gasteiger partial charge in [-0.3, -0.25) is 0 Å². The quantitative estimate of drug-likeness (QED) is 0.864. The molecule has 2 rings (SSSR count). The van der Waals surface area contributed by atoms with Gasteiger partial charge in [-0.15, -0.1) is 11.3 Å². The minimum atomic E-state index is -1.00. The van der Waals surface area contributed by atoms with Crippen LogP contribution in [0.3, 0.4) is 0 Å². The third kappa shape index (κ3) is 3.10. The third-order valence-corrected chi connectivity index (χ3v) is 3.73. The fourth-order valence-corrected chi connectivity index (χ4v) is 2.36. The number of carboxylic acid groups (broad SMARTS) is 1. The largest absolute Gasteiger partial charge is 0.478 e. The summed E-state index contributed by atoms with van der Waals surface area (Å²) in [5.41, 5.74) is 1.45. The lowest BCUT2D eigenvalue weighted by molar-refractivity contribution is -0.131. The molecular formula is C12H7Cl2NO2S. The molecule has 1 N–H and O–H groups in total. The molecule has 92 valence electrons. The zero-order chi connectivity index (χ0) is 13.1. The molecule has 0 bridgehead atoms. The second kappa shape index (κ2) is 5.52. The number of aromatic nitrogens is 1. The maximum atomic E-state index is 10.4. The zero-order valence-corrected chi connectivity index (χ0v) is 11.3. The summed E-state index contributed by atoms with van der Waals surface area (Å²) in [4.78, 5) is 14.7. The first-order valence-corrected chi connectivity index (χ1v) is 6.52. The van der Waals surface area contributed by atoms with Gasteiger partial charge in [-0.1, -0.05) is 29.3 Å². The smallest absolute Gasteiger partial charge is 0.328 e. The predicted octanol–water partition coefficient (Wildman–Crippen LogP) is 4.21. The Labute approximate surface area is 117 Å². The summed E-state index contributed by atoms with van der Waals surface area (Å²) in [7, 11) is 0. The van der Waals surface area contributed by atoms with Crippen LogP contribution in [0.5, 0.6) is 0 Å². The van der Waals surface area contributed by atoms with E-state index in [1.165, 1.54) is 17.4 Å². The molecule has 3 nitrogen and oxygen atoms in total. The molecule has 0 saturated heterocycles. The molecule has 0 spiro atoms. The number of rotatable bonds is 3.